The standard InChI is InChI=1S/C16H19BrN2O/c1-3-18-12(2)15-8-7-13(17)10-16(15)20-11-14-6-4-5-9-19-14/h4-10,12,18H,3,11H2,1-2H3. The number of pyridine rings is 1. The van der Waals surface area contributed by atoms with Crippen molar-refractivity contribution < 1.29 is 4.74 Å². The van der Waals surface area contributed by atoms with Crippen molar-refractivity contribution in [2.75, 3.05) is 6.54 Å². The Morgan fingerprint density at radius 3 is 2.85 bits per heavy atom. The minimum atomic E-state index is 0.256. The molecule has 1 unspecified atom stereocenters. The molecule has 1 heterocycles. The summed E-state index contributed by atoms with van der Waals surface area (Å²) in [7, 11) is 0. The lowest BCUT2D eigenvalue weighted by Gasteiger charge is -2.18. The van der Waals surface area contributed by atoms with Crippen molar-refractivity contribution in [2.24, 2.45) is 0 Å². The molecule has 0 fully saturated rings. The third-order valence-electron chi connectivity index (χ3n) is 3.05. The fourth-order valence-corrected chi connectivity index (χ4v) is 2.38. The van der Waals surface area contributed by atoms with E-state index in [4.69, 9.17) is 4.74 Å². The van der Waals surface area contributed by atoms with Gasteiger partial charge < -0.3 is 10.1 Å². The van der Waals surface area contributed by atoms with Crippen LogP contribution in [0, 0.1) is 0 Å². The highest BCUT2D eigenvalue weighted by Gasteiger charge is 2.11. The van der Waals surface area contributed by atoms with Crippen LogP contribution in [-0.4, -0.2) is 11.5 Å². The van der Waals surface area contributed by atoms with Gasteiger partial charge in [0, 0.05) is 22.3 Å². The number of rotatable bonds is 6. The molecule has 0 aliphatic heterocycles. The molecule has 2 rings (SSSR count). The molecule has 106 valence electrons. The molecular formula is C16H19BrN2O. The monoisotopic (exact) mass is 334 g/mol. The molecule has 0 aliphatic carbocycles. The average molecular weight is 335 g/mol. The Hall–Kier alpha value is -1.39. The maximum Gasteiger partial charge on any atom is 0.130 e. The zero-order valence-corrected chi connectivity index (χ0v) is 13.4. The Morgan fingerprint density at radius 1 is 1.30 bits per heavy atom. The normalized spacial score (nSPS) is 12.2. The van der Waals surface area contributed by atoms with Gasteiger partial charge in [-0.05, 0) is 37.7 Å². The van der Waals surface area contributed by atoms with Crippen LogP contribution in [0.4, 0.5) is 0 Å². The fourth-order valence-electron chi connectivity index (χ4n) is 2.04. The number of benzene rings is 1. The number of hydrogen-bond donors (Lipinski definition) is 1. The van der Waals surface area contributed by atoms with Crippen LogP contribution < -0.4 is 10.1 Å². The van der Waals surface area contributed by atoms with Crippen LogP contribution in [0.3, 0.4) is 0 Å². The van der Waals surface area contributed by atoms with Gasteiger partial charge >= 0.3 is 0 Å². The average Bonchev–Trinajstić information content (AvgIpc) is 2.46. The second-order valence-electron chi connectivity index (χ2n) is 4.57. The maximum atomic E-state index is 5.94. The van der Waals surface area contributed by atoms with Crippen molar-refractivity contribution >= 4 is 15.9 Å². The molecular weight excluding hydrogens is 316 g/mol. The van der Waals surface area contributed by atoms with Gasteiger partial charge in [-0.1, -0.05) is 35.0 Å². The summed E-state index contributed by atoms with van der Waals surface area (Å²) in [6.45, 7) is 5.64. The quantitative estimate of drug-likeness (QED) is 0.863. The van der Waals surface area contributed by atoms with E-state index in [2.05, 4.69) is 46.1 Å². The predicted molar refractivity (Wildman–Crippen MR) is 84.8 cm³/mol. The van der Waals surface area contributed by atoms with E-state index < -0.39 is 0 Å². The van der Waals surface area contributed by atoms with Gasteiger partial charge in [0.15, 0.2) is 0 Å². The number of nitrogens with zero attached hydrogens (tertiary/aromatic N) is 1. The van der Waals surface area contributed by atoms with Gasteiger partial charge in [-0.3, -0.25) is 4.98 Å². The Morgan fingerprint density at radius 2 is 2.15 bits per heavy atom. The molecule has 0 amide bonds. The molecule has 4 heteroatoms. The van der Waals surface area contributed by atoms with Gasteiger partial charge in [-0.25, -0.2) is 0 Å². The smallest absolute Gasteiger partial charge is 0.130 e. The summed E-state index contributed by atoms with van der Waals surface area (Å²) in [6.07, 6.45) is 1.78. The number of ether oxygens (including phenoxy) is 1. The Balaban J connectivity index is 2.15. The molecule has 20 heavy (non-hydrogen) atoms. The largest absolute Gasteiger partial charge is 0.487 e. The van der Waals surface area contributed by atoms with E-state index in [1.165, 1.54) is 0 Å². The second kappa shape index (κ2) is 7.41. The van der Waals surface area contributed by atoms with E-state index in [9.17, 15) is 0 Å². The number of nitrogens with one attached hydrogen (secondary N) is 1. The number of halogens is 1. The van der Waals surface area contributed by atoms with Crippen molar-refractivity contribution in [3.05, 3.63) is 58.3 Å². The van der Waals surface area contributed by atoms with E-state index in [1.807, 2.05) is 30.3 Å². The van der Waals surface area contributed by atoms with Gasteiger partial charge in [-0.15, -0.1) is 0 Å². The number of aromatic nitrogens is 1. The molecule has 0 aliphatic rings. The van der Waals surface area contributed by atoms with Crippen LogP contribution >= 0.6 is 15.9 Å². The summed E-state index contributed by atoms with van der Waals surface area (Å²) in [5, 5.41) is 3.41. The molecule has 1 atom stereocenters. The van der Waals surface area contributed by atoms with Gasteiger partial charge in [0.2, 0.25) is 0 Å². The summed E-state index contributed by atoms with van der Waals surface area (Å²) < 4.78 is 6.95. The van der Waals surface area contributed by atoms with Crippen LogP contribution in [0.1, 0.15) is 31.1 Å². The van der Waals surface area contributed by atoms with Crippen molar-refractivity contribution in [3.63, 3.8) is 0 Å². The molecule has 0 saturated heterocycles. The maximum absolute atomic E-state index is 5.94. The van der Waals surface area contributed by atoms with E-state index in [-0.39, 0.29) is 6.04 Å². The number of hydrogen-bond acceptors (Lipinski definition) is 3. The first kappa shape index (κ1) is 15.0. The molecule has 0 spiro atoms. The topological polar surface area (TPSA) is 34.1 Å². The van der Waals surface area contributed by atoms with Gasteiger partial charge in [0.05, 0.1) is 5.69 Å². The fraction of sp³-hybridized carbons (Fsp3) is 0.312. The van der Waals surface area contributed by atoms with Gasteiger partial charge in [-0.2, -0.15) is 0 Å². The molecule has 3 nitrogen and oxygen atoms in total. The van der Waals surface area contributed by atoms with Crippen molar-refractivity contribution in [2.45, 2.75) is 26.5 Å². The summed E-state index contributed by atoms with van der Waals surface area (Å²) in [5.74, 6) is 0.887. The lowest BCUT2D eigenvalue weighted by Crippen LogP contribution is -2.18. The van der Waals surface area contributed by atoms with E-state index >= 15 is 0 Å². The minimum Gasteiger partial charge on any atom is -0.487 e. The van der Waals surface area contributed by atoms with E-state index in [1.54, 1.807) is 6.20 Å². The van der Waals surface area contributed by atoms with Gasteiger partial charge in [0.25, 0.3) is 0 Å². The Bertz CT molecular complexity index is 545. The van der Waals surface area contributed by atoms with Gasteiger partial charge in [0.1, 0.15) is 12.4 Å². The summed E-state index contributed by atoms with van der Waals surface area (Å²) >= 11 is 3.49. The molecule has 0 saturated carbocycles. The minimum absolute atomic E-state index is 0.256. The summed E-state index contributed by atoms with van der Waals surface area (Å²) in [6, 6.07) is 12.2. The highest BCUT2D eigenvalue weighted by molar-refractivity contribution is 9.10. The molecule has 0 radical (unpaired) electrons. The molecule has 1 aromatic heterocycles. The molecule has 2 aromatic rings. The lowest BCUT2D eigenvalue weighted by molar-refractivity contribution is 0.295. The Kier molecular flexibility index (Phi) is 5.56. The van der Waals surface area contributed by atoms with Crippen LogP contribution in [0.2, 0.25) is 0 Å². The molecule has 1 N–H and O–H groups in total. The SMILES string of the molecule is CCNC(C)c1ccc(Br)cc1OCc1ccccn1. The zero-order chi connectivity index (χ0) is 14.4. The van der Waals surface area contributed by atoms with Crippen LogP contribution in [0.25, 0.3) is 0 Å². The van der Waals surface area contributed by atoms with E-state index in [0.29, 0.717) is 6.61 Å². The lowest BCUT2D eigenvalue weighted by atomic mass is 10.1. The first-order valence-corrected chi connectivity index (χ1v) is 7.55. The predicted octanol–water partition coefficient (Wildman–Crippen LogP) is 4.09. The highest BCUT2D eigenvalue weighted by Crippen LogP contribution is 2.29. The van der Waals surface area contributed by atoms with Crippen LogP contribution in [-0.2, 0) is 6.61 Å². The van der Waals surface area contributed by atoms with Crippen LogP contribution in [0.15, 0.2) is 47.1 Å². The summed E-state index contributed by atoms with van der Waals surface area (Å²) in [5.41, 5.74) is 2.08. The van der Waals surface area contributed by atoms with E-state index in [0.717, 1.165) is 28.0 Å². The first-order chi connectivity index (χ1) is 9.70. The first-order valence-electron chi connectivity index (χ1n) is 6.76. The third kappa shape index (κ3) is 4.05. The summed E-state index contributed by atoms with van der Waals surface area (Å²) in [4.78, 5) is 4.27. The zero-order valence-electron chi connectivity index (χ0n) is 11.8. The highest BCUT2D eigenvalue weighted by atomic mass is 79.9. The van der Waals surface area contributed by atoms with Crippen molar-refractivity contribution in [1.82, 2.24) is 10.3 Å². The molecule has 1 aromatic carbocycles. The third-order valence-corrected chi connectivity index (χ3v) is 3.55. The molecule has 0 bridgehead atoms. The van der Waals surface area contributed by atoms with Crippen LogP contribution in [0.5, 0.6) is 5.75 Å². The van der Waals surface area contributed by atoms with Crippen molar-refractivity contribution in [3.8, 4) is 5.75 Å². The van der Waals surface area contributed by atoms with Crippen molar-refractivity contribution in [1.29, 1.82) is 0 Å². The second-order valence-corrected chi connectivity index (χ2v) is 5.49. The Labute approximate surface area is 128 Å².